The first-order valence-corrected chi connectivity index (χ1v) is 11.1. The lowest BCUT2D eigenvalue weighted by molar-refractivity contribution is -0.135. The Labute approximate surface area is 178 Å². The Balaban J connectivity index is 1.22. The van der Waals surface area contributed by atoms with Crippen LogP contribution in [0.2, 0.25) is 0 Å². The van der Waals surface area contributed by atoms with Crippen LogP contribution in [0.4, 0.5) is 0 Å². The van der Waals surface area contributed by atoms with Crippen molar-refractivity contribution in [1.82, 2.24) is 30.1 Å². The third-order valence-electron chi connectivity index (χ3n) is 5.91. The molecule has 0 radical (unpaired) electrons. The number of imidazole rings is 1. The topological polar surface area (TPSA) is 91.6 Å². The highest BCUT2D eigenvalue weighted by molar-refractivity contribution is 7.16. The molecular weight excluding hydrogens is 400 g/mol. The van der Waals surface area contributed by atoms with Gasteiger partial charge in [0.05, 0.1) is 30.9 Å². The quantitative estimate of drug-likeness (QED) is 0.639. The van der Waals surface area contributed by atoms with Gasteiger partial charge in [0.25, 0.3) is 0 Å². The van der Waals surface area contributed by atoms with Gasteiger partial charge in [-0.15, -0.1) is 0 Å². The molecule has 2 amide bonds. The number of hydrogen-bond donors (Lipinski definition) is 2. The maximum absolute atomic E-state index is 12.7. The zero-order valence-corrected chi connectivity index (χ0v) is 17.6. The summed E-state index contributed by atoms with van der Waals surface area (Å²) in [6, 6.07) is 8.27. The van der Waals surface area contributed by atoms with Crippen molar-refractivity contribution in [3.05, 3.63) is 52.3 Å². The molecule has 1 saturated heterocycles. The lowest BCUT2D eigenvalue weighted by Gasteiger charge is -2.38. The Morgan fingerprint density at radius 1 is 1.30 bits per heavy atom. The van der Waals surface area contributed by atoms with E-state index < -0.39 is 6.04 Å². The zero-order valence-electron chi connectivity index (χ0n) is 16.8. The molecule has 1 unspecified atom stereocenters. The summed E-state index contributed by atoms with van der Waals surface area (Å²) in [5.41, 5.74) is 3.46. The first-order chi connectivity index (χ1) is 14.6. The summed E-state index contributed by atoms with van der Waals surface area (Å²) in [5, 5.41) is 11.1. The molecule has 1 aliphatic heterocycles. The SMILES string of the molecule is Cc1nn2cc(CNC(=O)CC3C(=O)NCCN3C3Cc4ccccc4C3)nc2s1. The summed E-state index contributed by atoms with van der Waals surface area (Å²) < 4.78 is 1.73. The maximum atomic E-state index is 12.7. The van der Waals surface area contributed by atoms with Crippen molar-refractivity contribution < 1.29 is 9.59 Å². The molecule has 1 atom stereocenters. The number of piperazine rings is 1. The number of aromatic nitrogens is 3. The fourth-order valence-corrected chi connectivity index (χ4v) is 5.26. The Morgan fingerprint density at radius 3 is 2.80 bits per heavy atom. The van der Waals surface area contributed by atoms with E-state index in [1.165, 1.54) is 22.5 Å². The Hall–Kier alpha value is -2.78. The molecule has 0 spiro atoms. The molecule has 30 heavy (non-hydrogen) atoms. The largest absolute Gasteiger partial charge is 0.353 e. The Morgan fingerprint density at radius 2 is 2.07 bits per heavy atom. The molecule has 156 valence electrons. The van der Waals surface area contributed by atoms with E-state index in [0.717, 1.165) is 35.0 Å². The van der Waals surface area contributed by atoms with Crippen LogP contribution in [0.5, 0.6) is 0 Å². The molecule has 1 aliphatic carbocycles. The van der Waals surface area contributed by atoms with E-state index in [2.05, 4.69) is 49.9 Å². The second kappa shape index (κ2) is 7.81. The maximum Gasteiger partial charge on any atom is 0.237 e. The van der Waals surface area contributed by atoms with Gasteiger partial charge in [0.15, 0.2) is 0 Å². The van der Waals surface area contributed by atoms with Crippen molar-refractivity contribution in [1.29, 1.82) is 0 Å². The predicted molar refractivity (Wildman–Crippen MR) is 113 cm³/mol. The van der Waals surface area contributed by atoms with Crippen molar-refractivity contribution in [3.63, 3.8) is 0 Å². The van der Waals surface area contributed by atoms with E-state index in [-0.39, 0.29) is 24.3 Å². The van der Waals surface area contributed by atoms with Crippen LogP contribution in [0.1, 0.15) is 28.2 Å². The van der Waals surface area contributed by atoms with Gasteiger partial charge >= 0.3 is 0 Å². The van der Waals surface area contributed by atoms with Gasteiger partial charge in [-0.1, -0.05) is 35.6 Å². The van der Waals surface area contributed by atoms with Crippen molar-refractivity contribution in [3.8, 4) is 0 Å². The minimum Gasteiger partial charge on any atom is -0.353 e. The second-order valence-electron chi connectivity index (χ2n) is 7.94. The van der Waals surface area contributed by atoms with Crippen LogP contribution < -0.4 is 10.6 Å². The summed E-state index contributed by atoms with van der Waals surface area (Å²) in [6.07, 6.45) is 3.84. The van der Waals surface area contributed by atoms with Crippen LogP contribution >= 0.6 is 11.3 Å². The molecule has 2 aromatic heterocycles. The normalized spacial score (nSPS) is 19.8. The molecule has 5 rings (SSSR count). The first-order valence-electron chi connectivity index (χ1n) is 10.3. The lowest BCUT2D eigenvalue weighted by Crippen LogP contribution is -2.59. The average Bonchev–Trinajstić information content (AvgIpc) is 3.40. The van der Waals surface area contributed by atoms with Crippen molar-refractivity contribution in [2.75, 3.05) is 13.1 Å². The molecule has 2 aliphatic rings. The summed E-state index contributed by atoms with van der Waals surface area (Å²) >= 11 is 1.51. The first kappa shape index (κ1) is 19.2. The fourth-order valence-electron chi connectivity index (χ4n) is 4.52. The highest BCUT2D eigenvalue weighted by Crippen LogP contribution is 2.28. The van der Waals surface area contributed by atoms with Crippen LogP contribution in [0.3, 0.4) is 0 Å². The minimum absolute atomic E-state index is 0.0606. The van der Waals surface area contributed by atoms with Crippen LogP contribution in [0.15, 0.2) is 30.5 Å². The molecule has 0 bridgehead atoms. The molecule has 9 heteroatoms. The van der Waals surface area contributed by atoms with E-state index in [1.807, 2.05) is 13.1 Å². The summed E-state index contributed by atoms with van der Waals surface area (Å²) in [7, 11) is 0. The number of carbonyl (C=O) groups is 2. The smallest absolute Gasteiger partial charge is 0.237 e. The molecular formula is C21H24N6O2S. The molecule has 0 saturated carbocycles. The highest BCUT2D eigenvalue weighted by Gasteiger charge is 2.38. The number of nitrogens with one attached hydrogen (secondary N) is 2. The number of aryl methyl sites for hydroxylation is 1. The second-order valence-corrected chi connectivity index (χ2v) is 9.10. The van der Waals surface area contributed by atoms with Gasteiger partial charge in [0, 0.05) is 19.1 Å². The van der Waals surface area contributed by atoms with Crippen LogP contribution in [-0.4, -0.2) is 56.5 Å². The number of nitrogens with zero attached hydrogens (tertiary/aromatic N) is 4. The van der Waals surface area contributed by atoms with E-state index >= 15 is 0 Å². The van der Waals surface area contributed by atoms with Gasteiger partial charge in [-0.3, -0.25) is 14.5 Å². The molecule has 1 fully saturated rings. The van der Waals surface area contributed by atoms with Crippen molar-refractivity contribution >= 4 is 28.1 Å². The molecule has 3 aromatic rings. The summed E-state index contributed by atoms with van der Waals surface area (Å²) in [4.78, 5) is 32.8. The van der Waals surface area contributed by atoms with Gasteiger partial charge in [0.2, 0.25) is 16.8 Å². The van der Waals surface area contributed by atoms with E-state index in [4.69, 9.17) is 0 Å². The zero-order chi connectivity index (χ0) is 20.7. The Bertz CT molecular complexity index is 1050. The van der Waals surface area contributed by atoms with E-state index in [0.29, 0.717) is 13.1 Å². The fraction of sp³-hybridized carbons (Fsp3) is 0.429. The van der Waals surface area contributed by atoms with Crippen LogP contribution in [-0.2, 0) is 29.0 Å². The van der Waals surface area contributed by atoms with Gasteiger partial charge < -0.3 is 10.6 Å². The van der Waals surface area contributed by atoms with E-state index in [1.54, 1.807) is 4.52 Å². The summed E-state index contributed by atoms with van der Waals surface area (Å²) in [5.74, 6) is -0.201. The number of hydrogen-bond acceptors (Lipinski definition) is 6. The molecule has 8 nitrogen and oxygen atoms in total. The molecule has 3 heterocycles. The van der Waals surface area contributed by atoms with E-state index in [9.17, 15) is 9.59 Å². The Kier molecular flexibility index (Phi) is 5.00. The number of rotatable bonds is 5. The number of fused-ring (bicyclic) bond motifs is 2. The van der Waals surface area contributed by atoms with Gasteiger partial charge in [-0.25, -0.2) is 9.50 Å². The standard InChI is InChI=1S/C21H24N6O2S/c1-13-25-27-12-16(24-21(27)30-13)11-23-19(28)10-18-20(29)22-6-7-26(18)17-8-14-4-2-3-5-15(14)9-17/h2-5,12,17-18H,6-11H2,1H3,(H,22,29)(H,23,28). The number of benzene rings is 1. The number of carbonyl (C=O) groups excluding carboxylic acids is 2. The predicted octanol–water partition coefficient (Wildman–Crippen LogP) is 1.07. The monoisotopic (exact) mass is 424 g/mol. The third-order valence-corrected chi connectivity index (χ3v) is 6.75. The van der Waals surface area contributed by atoms with Crippen molar-refractivity contribution in [2.24, 2.45) is 0 Å². The summed E-state index contributed by atoms with van der Waals surface area (Å²) in [6.45, 7) is 3.66. The van der Waals surface area contributed by atoms with Gasteiger partial charge in [-0.05, 0) is 30.9 Å². The number of amides is 2. The average molecular weight is 425 g/mol. The van der Waals surface area contributed by atoms with Crippen LogP contribution in [0.25, 0.3) is 4.96 Å². The lowest BCUT2D eigenvalue weighted by atomic mass is 10.0. The van der Waals surface area contributed by atoms with Gasteiger partial charge in [0.1, 0.15) is 5.01 Å². The van der Waals surface area contributed by atoms with Gasteiger partial charge in [-0.2, -0.15) is 5.10 Å². The molecule has 2 N–H and O–H groups in total. The molecule has 1 aromatic carbocycles. The van der Waals surface area contributed by atoms with Crippen LogP contribution in [0, 0.1) is 6.92 Å². The third kappa shape index (κ3) is 3.70. The van der Waals surface area contributed by atoms with Crippen molar-refractivity contribution in [2.45, 2.75) is 44.8 Å². The minimum atomic E-state index is -0.437. The highest BCUT2D eigenvalue weighted by atomic mass is 32.1.